The summed E-state index contributed by atoms with van der Waals surface area (Å²) in [6.07, 6.45) is 11.0. The van der Waals surface area contributed by atoms with Crippen LogP contribution in [0.3, 0.4) is 0 Å². The molecule has 2 saturated heterocycles. The number of amides is 2. The maximum atomic E-state index is 13.4. The van der Waals surface area contributed by atoms with E-state index in [0.29, 0.717) is 11.8 Å². The molecule has 9 rings (SSSR count). The van der Waals surface area contributed by atoms with Gasteiger partial charge in [-0.25, -0.2) is 19.6 Å². The Hall–Kier alpha value is -5.12. The van der Waals surface area contributed by atoms with E-state index in [0.717, 1.165) is 107 Å². The molecule has 52 heavy (non-hydrogen) atoms. The first kappa shape index (κ1) is 32.8. The number of hydrogen-bond acceptors (Lipinski definition) is 5. The first-order valence-corrected chi connectivity index (χ1v) is 18.9. The minimum Gasteiger partial charge on any atom is -0.465 e. The zero-order valence-electron chi connectivity index (χ0n) is 30.0. The van der Waals surface area contributed by atoms with Crippen LogP contribution in [0.15, 0.2) is 73.1 Å². The Kier molecular flexibility index (Phi) is 7.89. The largest absolute Gasteiger partial charge is 0.465 e. The fourth-order valence-corrected chi connectivity index (χ4v) is 9.65. The molecule has 2 saturated carbocycles. The molecule has 10 heteroatoms. The number of carboxylic acid groups (broad SMARTS) is 1. The van der Waals surface area contributed by atoms with Crippen LogP contribution in [0.5, 0.6) is 0 Å². The summed E-state index contributed by atoms with van der Waals surface area (Å²) in [6.45, 7) is 5.76. The van der Waals surface area contributed by atoms with Crippen LogP contribution in [0.25, 0.3) is 44.4 Å². The van der Waals surface area contributed by atoms with Crippen LogP contribution in [0.2, 0.25) is 0 Å². The maximum Gasteiger partial charge on any atom is 0.411 e. The van der Waals surface area contributed by atoms with Gasteiger partial charge in [0.1, 0.15) is 17.2 Å². The highest BCUT2D eigenvalue weighted by Crippen LogP contribution is 2.49. The molecule has 4 heterocycles. The molecule has 6 atom stereocenters. The lowest BCUT2D eigenvalue weighted by atomic mass is 9.98. The number of carbonyl (C=O) groups excluding carboxylic acids is 1. The maximum absolute atomic E-state index is 13.4. The van der Waals surface area contributed by atoms with Crippen molar-refractivity contribution < 1.29 is 19.4 Å². The van der Waals surface area contributed by atoms with Gasteiger partial charge in [0.05, 0.1) is 23.5 Å². The third-order valence-corrected chi connectivity index (χ3v) is 12.0. The van der Waals surface area contributed by atoms with E-state index in [9.17, 15) is 14.7 Å². The first-order valence-electron chi connectivity index (χ1n) is 18.9. The van der Waals surface area contributed by atoms with E-state index < -0.39 is 11.7 Å². The van der Waals surface area contributed by atoms with Crippen LogP contribution in [0.1, 0.15) is 95.9 Å². The van der Waals surface area contributed by atoms with Crippen LogP contribution in [-0.2, 0) is 4.74 Å². The van der Waals surface area contributed by atoms with Gasteiger partial charge in [0.25, 0.3) is 0 Å². The monoisotopic (exact) mass is 698 g/mol. The SMILES string of the molecule is CC(C)(C)OC(=O)N1[C@H](c2nc(-c3ccc4cc(-c5ccc(-c6c[nH]c(C7CC8CCCC8N7C(=O)O)n6)cc5)ccc4c3)c[nH]2)C[C@@H]2CCC[C@@H]21. The van der Waals surface area contributed by atoms with Crippen molar-refractivity contribution in [3.8, 4) is 33.6 Å². The van der Waals surface area contributed by atoms with Crippen molar-refractivity contribution >= 4 is 23.0 Å². The molecule has 4 aliphatic rings. The molecule has 10 nitrogen and oxygen atoms in total. The average molecular weight is 699 g/mol. The Labute approximate surface area is 303 Å². The normalized spacial score (nSPS) is 25.5. The molecule has 268 valence electrons. The average Bonchev–Trinajstić information content (AvgIpc) is 3.96. The highest BCUT2D eigenvalue weighted by Gasteiger charge is 2.49. The third kappa shape index (κ3) is 5.82. The Bertz CT molecular complexity index is 2150. The second-order valence-corrected chi connectivity index (χ2v) is 16.3. The summed E-state index contributed by atoms with van der Waals surface area (Å²) in [5.41, 5.74) is 5.40. The second kappa shape index (κ2) is 12.5. The molecule has 2 aliphatic carbocycles. The van der Waals surface area contributed by atoms with Crippen molar-refractivity contribution in [1.29, 1.82) is 0 Å². The van der Waals surface area contributed by atoms with E-state index >= 15 is 0 Å². The standard InChI is InChI=1S/C42H46N6O4/c1-42(2,3)52-41(51)48-35-9-5-7-31(35)21-37(48)39-44-23-33(46-39)29-17-16-27-18-26(14-15-28(27)19-29)24-10-12-25(13-11-24)32-22-43-38(45-32)36-20-30-6-4-8-34(30)47(36)40(49)50/h10-19,22-23,30-31,34-37H,4-9,20-21H2,1-3H3,(H,43,45)(H,44,46)(H,49,50)/t30?,31-,34?,35-,36?,37-/m0/s1. The van der Waals surface area contributed by atoms with E-state index in [1.165, 1.54) is 0 Å². The highest BCUT2D eigenvalue weighted by molar-refractivity contribution is 5.90. The minimum absolute atomic E-state index is 0.113. The van der Waals surface area contributed by atoms with Crippen molar-refractivity contribution in [1.82, 2.24) is 29.7 Å². The summed E-state index contributed by atoms with van der Waals surface area (Å²) >= 11 is 0. The lowest BCUT2D eigenvalue weighted by Gasteiger charge is -2.31. The van der Waals surface area contributed by atoms with Gasteiger partial charge >= 0.3 is 12.2 Å². The number of hydrogen-bond donors (Lipinski definition) is 3. The van der Waals surface area contributed by atoms with Gasteiger partial charge in [0.2, 0.25) is 0 Å². The number of nitrogens with one attached hydrogen (secondary N) is 2. The van der Waals surface area contributed by atoms with Crippen LogP contribution in [0, 0.1) is 11.8 Å². The molecule has 2 aromatic heterocycles. The number of ether oxygens (including phenoxy) is 1. The molecule has 0 radical (unpaired) electrons. The van der Waals surface area contributed by atoms with Gasteiger partial charge in [-0.3, -0.25) is 9.80 Å². The number of aromatic amines is 2. The zero-order valence-corrected chi connectivity index (χ0v) is 30.0. The summed E-state index contributed by atoms with van der Waals surface area (Å²) in [5, 5.41) is 12.2. The summed E-state index contributed by atoms with van der Waals surface area (Å²) in [7, 11) is 0. The number of nitrogens with zero attached hydrogens (tertiary/aromatic N) is 4. The molecule has 0 bridgehead atoms. The fraction of sp³-hybridized carbons (Fsp3) is 0.429. The summed E-state index contributed by atoms with van der Waals surface area (Å²) in [5.74, 6) is 2.48. The minimum atomic E-state index is -0.849. The highest BCUT2D eigenvalue weighted by atomic mass is 16.6. The van der Waals surface area contributed by atoms with Gasteiger partial charge in [-0.05, 0) is 105 Å². The summed E-state index contributed by atoms with van der Waals surface area (Å²) in [6, 6.07) is 21.3. The molecule has 0 spiro atoms. The molecule has 2 aliphatic heterocycles. The second-order valence-electron chi connectivity index (χ2n) is 16.3. The molecule has 2 amide bonds. The van der Waals surface area contributed by atoms with Crippen LogP contribution in [0.4, 0.5) is 9.59 Å². The van der Waals surface area contributed by atoms with Gasteiger partial charge in [0.15, 0.2) is 0 Å². The van der Waals surface area contributed by atoms with Gasteiger partial charge in [-0.2, -0.15) is 0 Å². The Balaban J connectivity index is 0.909. The van der Waals surface area contributed by atoms with Crippen molar-refractivity contribution in [2.24, 2.45) is 11.8 Å². The number of carbonyl (C=O) groups is 2. The molecule has 3 aromatic carbocycles. The van der Waals surface area contributed by atoms with Gasteiger partial charge in [-0.15, -0.1) is 0 Å². The van der Waals surface area contributed by atoms with E-state index in [-0.39, 0.29) is 30.3 Å². The summed E-state index contributed by atoms with van der Waals surface area (Å²) in [4.78, 5) is 45.7. The Morgan fingerprint density at radius 3 is 1.79 bits per heavy atom. The summed E-state index contributed by atoms with van der Waals surface area (Å²) < 4.78 is 5.85. The van der Waals surface area contributed by atoms with Gasteiger partial charge in [0, 0.05) is 35.6 Å². The zero-order chi connectivity index (χ0) is 35.7. The van der Waals surface area contributed by atoms with E-state index in [1.54, 1.807) is 4.90 Å². The molecule has 4 fully saturated rings. The topological polar surface area (TPSA) is 127 Å². The molecule has 3 N–H and O–H groups in total. The van der Waals surface area contributed by atoms with Crippen LogP contribution >= 0.6 is 0 Å². The first-order chi connectivity index (χ1) is 25.1. The van der Waals surface area contributed by atoms with Gasteiger partial charge in [-0.1, -0.05) is 61.4 Å². The van der Waals surface area contributed by atoms with Crippen LogP contribution < -0.4 is 0 Å². The number of rotatable bonds is 5. The lowest BCUT2D eigenvalue weighted by molar-refractivity contribution is 0.0130. The number of benzene rings is 3. The smallest absolute Gasteiger partial charge is 0.411 e. The quantitative estimate of drug-likeness (QED) is 0.168. The fourth-order valence-electron chi connectivity index (χ4n) is 9.65. The number of H-pyrrole nitrogens is 2. The number of fused-ring (bicyclic) bond motifs is 3. The van der Waals surface area contributed by atoms with Gasteiger partial charge < -0.3 is 19.8 Å². The predicted octanol–water partition coefficient (Wildman–Crippen LogP) is 9.73. The van der Waals surface area contributed by atoms with E-state index in [1.807, 2.05) is 38.1 Å². The Morgan fingerprint density at radius 1 is 0.692 bits per heavy atom. The number of aromatic nitrogens is 4. The van der Waals surface area contributed by atoms with E-state index in [4.69, 9.17) is 14.7 Å². The molecular formula is C42H46N6O4. The van der Waals surface area contributed by atoms with Crippen molar-refractivity contribution in [2.45, 2.75) is 102 Å². The molecule has 5 aromatic rings. The number of likely N-dealkylation sites (tertiary alicyclic amines) is 2. The van der Waals surface area contributed by atoms with Crippen LogP contribution in [-0.4, -0.2) is 64.7 Å². The third-order valence-electron chi connectivity index (χ3n) is 12.0. The van der Waals surface area contributed by atoms with Crippen molar-refractivity contribution in [3.63, 3.8) is 0 Å². The molecule has 3 unspecified atom stereocenters. The molecular weight excluding hydrogens is 652 g/mol. The Morgan fingerprint density at radius 2 is 1.19 bits per heavy atom. The van der Waals surface area contributed by atoms with E-state index in [2.05, 4.69) is 70.6 Å². The lowest BCUT2D eigenvalue weighted by Crippen LogP contribution is -2.41. The van der Waals surface area contributed by atoms with Crippen molar-refractivity contribution in [3.05, 3.63) is 84.7 Å². The predicted molar refractivity (Wildman–Crippen MR) is 199 cm³/mol. The van der Waals surface area contributed by atoms with Crippen molar-refractivity contribution in [2.75, 3.05) is 0 Å². The number of imidazole rings is 2.